The Morgan fingerprint density at radius 2 is 2.24 bits per heavy atom. The van der Waals surface area contributed by atoms with Crippen molar-refractivity contribution >= 4 is 11.3 Å². The lowest BCUT2D eigenvalue weighted by Crippen LogP contribution is -2.38. The second kappa shape index (κ2) is 5.96. The molecule has 96 valence electrons. The minimum atomic E-state index is 0.695. The Morgan fingerprint density at radius 1 is 1.41 bits per heavy atom. The molecule has 3 heteroatoms. The van der Waals surface area contributed by atoms with E-state index < -0.39 is 0 Å². The van der Waals surface area contributed by atoms with Gasteiger partial charge >= 0.3 is 0 Å². The normalized spacial score (nSPS) is 29.5. The maximum Gasteiger partial charge on any atom is 0.107 e. The van der Waals surface area contributed by atoms with Crippen molar-refractivity contribution in [3.8, 4) is 0 Å². The van der Waals surface area contributed by atoms with E-state index in [0.29, 0.717) is 6.04 Å². The van der Waals surface area contributed by atoms with Crippen molar-refractivity contribution in [1.82, 2.24) is 10.3 Å². The fourth-order valence-corrected chi connectivity index (χ4v) is 3.59. The molecule has 17 heavy (non-hydrogen) atoms. The highest BCUT2D eigenvalue weighted by Gasteiger charge is 2.24. The average Bonchev–Trinajstić information content (AvgIpc) is 2.76. The lowest BCUT2D eigenvalue weighted by Gasteiger charge is -2.33. The van der Waals surface area contributed by atoms with Crippen LogP contribution in [0.25, 0.3) is 0 Å². The van der Waals surface area contributed by atoms with E-state index in [1.54, 1.807) is 0 Å². The van der Waals surface area contributed by atoms with Gasteiger partial charge in [0.15, 0.2) is 0 Å². The van der Waals surface area contributed by atoms with Crippen LogP contribution < -0.4 is 5.32 Å². The van der Waals surface area contributed by atoms with Gasteiger partial charge in [-0.1, -0.05) is 20.8 Å². The first-order valence-electron chi connectivity index (χ1n) is 6.86. The molecule has 3 atom stereocenters. The lowest BCUT2D eigenvalue weighted by molar-refractivity contribution is 0.227. The Kier molecular flexibility index (Phi) is 4.57. The van der Waals surface area contributed by atoms with E-state index in [1.807, 2.05) is 17.5 Å². The zero-order valence-corrected chi connectivity index (χ0v) is 12.0. The van der Waals surface area contributed by atoms with Crippen LogP contribution in [0.4, 0.5) is 0 Å². The summed E-state index contributed by atoms with van der Waals surface area (Å²) in [7, 11) is 0. The fourth-order valence-electron chi connectivity index (χ4n) is 2.78. The summed E-state index contributed by atoms with van der Waals surface area (Å²) in [4.78, 5) is 5.86. The predicted molar refractivity (Wildman–Crippen MR) is 74.3 cm³/mol. The van der Waals surface area contributed by atoms with Crippen LogP contribution in [0, 0.1) is 11.8 Å². The molecular weight excluding hydrogens is 228 g/mol. The van der Waals surface area contributed by atoms with Crippen LogP contribution >= 0.6 is 11.3 Å². The third kappa shape index (κ3) is 3.52. The Hall–Kier alpha value is -0.410. The van der Waals surface area contributed by atoms with Crippen molar-refractivity contribution in [2.75, 3.05) is 0 Å². The van der Waals surface area contributed by atoms with Crippen LogP contribution in [0.2, 0.25) is 0 Å². The molecule has 0 spiro atoms. The second-order valence-corrected chi connectivity index (χ2v) is 6.66. The summed E-state index contributed by atoms with van der Waals surface area (Å²) in [6.45, 7) is 7.90. The Morgan fingerprint density at radius 3 is 2.88 bits per heavy atom. The third-order valence-corrected chi connectivity index (χ3v) is 5.04. The number of nitrogens with one attached hydrogen (secondary N) is 1. The average molecular weight is 252 g/mol. The number of hydrogen-bond donors (Lipinski definition) is 1. The van der Waals surface area contributed by atoms with Gasteiger partial charge in [0.25, 0.3) is 0 Å². The zero-order valence-electron chi connectivity index (χ0n) is 11.2. The molecule has 3 unspecified atom stereocenters. The highest BCUT2D eigenvalue weighted by molar-refractivity contribution is 7.11. The standard InChI is InChI=1S/C14H24N2S/c1-4-12-8-16-14(17-12)9-15-13-6-5-10(2)7-11(13)3/h8,10-11,13,15H,4-7,9H2,1-3H3. The van der Waals surface area contributed by atoms with Crippen molar-refractivity contribution in [3.63, 3.8) is 0 Å². The van der Waals surface area contributed by atoms with E-state index >= 15 is 0 Å². The Balaban J connectivity index is 1.81. The van der Waals surface area contributed by atoms with E-state index in [9.17, 15) is 0 Å². The maximum atomic E-state index is 4.47. The van der Waals surface area contributed by atoms with Crippen molar-refractivity contribution < 1.29 is 0 Å². The first-order valence-corrected chi connectivity index (χ1v) is 7.67. The molecule has 1 aromatic heterocycles. The monoisotopic (exact) mass is 252 g/mol. The topological polar surface area (TPSA) is 24.9 Å². The van der Waals surface area contributed by atoms with Gasteiger partial charge < -0.3 is 5.32 Å². The summed E-state index contributed by atoms with van der Waals surface area (Å²) < 4.78 is 0. The maximum absolute atomic E-state index is 4.47. The lowest BCUT2D eigenvalue weighted by atomic mass is 9.80. The van der Waals surface area contributed by atoms with Gasteiger partial charge in [0, 0.05) is 23.7 Å². The molecule has 0 radical (unpaired) electrons. The molecule has 2 rings (SSSR count). The molecule has 1 heterocycles. The SMILES string of the molecule is CCc1cnc(CNC2CCC(C)CC2C)s1. The van der Waals surface area contributed by atoms with Crippen LogP contribution in [0.5, 0.6) is 0 Å². The van der Waals surface area contributed by atoms with E-state index in [0.717, 1.165) is 24.8 Å². The van der Waals surface area contributed by atoms with Crippen molar-refractivity contribution in [2.45, 2.75) is 59.0 Å². The van der Waals surface area contributed by atoms with Crippen LogP contribution in [0.15, 0.2) is 6.20 Å². The zero-order chi connectivity index (χ0) is 12.3. The van der Waals surface area contributed by atoms with Gasteiger partial charge in [0.2, 0.25) is 0 Å². The number of thiazole rings is 1. The van der Waals surface area contributed by atoms with Gasteiger partial charge in [-0.15, -0.1) is 11.3 Å². The highest BCUT2D eigenvalue weighted by atomic mass is 32.1. The summed E-state index contributed by atoms with van der Waals surface area (Å²) in [6.07, 6.45) is 7.20. The summed E-state index contributed by atoms with van der Waals surface area (Å²) in [5.41, 5.74) is 0. The largest absolute Gasteiger partial charge is 0.307 e. The first-order chi connectivity index (χ1) is 8.19. The van der Waals surface area contributed by atoms with E-state index in [4.69, 9.17) is 0 Å². The molecule has 0 aliphatic heterocycles. The molecule has 0 saturated heterocycles. The van der Waals surface area contributed by atoms with Gasteiger partial charge in [0.1, 0.15) is 5.01 Å². The molecule has 1 aromatic rings. The Bertz CT molecular complexity index is 348. The minimum Gasteiger partial charge on any atom is -0.307 e. The highest BCUT2D eigenvalue weighted by Crippen LogP contribution is 2.28. The predicted octanol–water partition coefficient (Wildman–Crippen LogP) is 3.62. The van der Waals surface area contributed by atoms with Crippen molar-refractivity contribution in [2.24, 2.45) is 11.8 Å². The summed E-state index contributed by atoms with van der Waals surface area (Å²) in [5.74, 6) is 1.72. The van der Waals surface area contributed by atoms with E-state index in [2.05, 4.69) is 31.1 Å². The third-order valence-electron chi connectivity index (χ3n) is 3.90. The molecule has 1 aliphatic rings. The summed E-state index contributed by atoms with van der Waals surface area (Å²) in [6, 6.07) is 0.695. The number of nitrogens with zero attached hydrogens (tertiary/aromatic N) is 1. The minimum absolute atomic E-state index is 0.695. The molecule has 1 fully saturated rings. The van der Waals surface area contributed by atoms with Crippen molar-refractivity contribution in [3.05, 3.63) is 16.1 Å². The molecule has 0 bridgehead atoms. The number of rotatable bonds is 4. The summed E-state index contributed by atoms with van der Waals surface area (Å²) in [5, 5.41) is 4.94. The van der Waals surface area contributed by atoms with Crippen molar-refractivity contribution in [1.29, 1.82) is 0 Å². The van der Waals surface area contributed by atoms with Gasteiger partial charge in [0.05, 0.1) is 0 Å². The molecule has 1 N–H and O–H groups in total. The molecule has 1 saturated carbocycles. The van der Waals surface area contributed by atoms with Gasteiger partial charge in [-0.2, -0.15) is 0 Å². The van der Waals surface area contributed by atoms with Gasteiger partial charge in [-0.3, -0.25) is 0 Å². The van der Waals surface area contributed by atoms with Gasteiger partial charge in [-0.05, 0) is 37.5 Å². The van der Waals surface area contributed by atoms with E-state index in [-0.39, 0.29) is 0 Å². The first kappa shape index (κ1) is 13.0. The smallest absolute Gasteiger partial charge is 0.107 e. The molecule has 0 amide bonds. The number of aryl methyl sites for hydroxylation is 1. The molecular formula is C14H24N2S. The molecule has 0 aromatic carbocycles. The quantitative estimate of drug-likeness (QED) is 0.885. The number of hydrogen-bond acceptors (Lipinski definition) is 3. The van der Waals surface area contributed by atoms with Crippen LogP contribution in [0.3, 0.4) is 0 Å². The number of aromatic nitrogens is 1. The van der Waals surface area contributed by atoms with Crippen LogP contribution in [0.1, 0.15) is 49.9 Å². The summed E-state index contributed by atoms with van der Waals surface area (Å²) >= 11 is 1.85. The molecule has 2 nitrogen and oxygen atoms in total. The fraction of sp³-hybridized carbons (Fsp3) is 0.786. The Labute approximate surface area is 109 Å². The second-order valence-electron chi connectivity index (χ2n) is 5.46. The van der Waals surface area contributed by atoms with Gasteiger partial charge in [-0.25, -0.2) is 4.98 Å². The van der Waals surface area contributed by atoms with E-state index in [1.165, 1.54) is 29.1 Å². The van der Waals surface area contributed by atoms with Crippen LogP contribution in [-0.4, -0.2) is 11.0 Å². The molecule has 1 aliphatic carbocycles. The van der Waals surface area contributed by atoms with Crippen LogP contribution in [-0.2, 0) is 13.0 Å².